The van der Waals surface area contributed by atoms with Crippen molar-refractivity contribution in [3.05, 3.63) is 0 Å². The lowest BCUT2D eigenvalue weighted by atomic mass is 9.87. The molecule has 0 N–H and O–H groups in total. The number of cyclic esters (lactones) is 6. The first-order chi connectivity index (χ1) is 43.8. The SMILES string of the molecule is C.C.C.C.C.C.C.C.C.C.C.C.CCC(C)(C)C(=O)OC(C)(C)C(=O)OC1CCOC1=O.CCC(C)(C)C(=O)OC(C)(C)C1COC(=O)C1.CCC(C)(C)C(=O)OC1(C)CCOC(=O)C1.CCC(C)(C)C(=O)OC1(C)COC(=O)C1.CCC(C)(C)C(=O)OC1CCOC1=O.CCC(C)(C)C(=O)OC1COC(=O)C1. The van der Waals surface area contributed by atoms with Crippen molar-refractivity contribution in [2.45, 2.75) is 379 Å². The van der Waals surface area contributed by atoms with Crippen LogP contribution in [0.25, 0.3) is 0 Å². The number of ether oxygens (including phenoxy) is 13. The maximum atomic E-state index is 12.0. The Morgan fingerprint density at radius 2 is 0.685 bits per heavy atom. The Hall–Kier alpha value is -6.89. The highest BCUT2D eigenvalue weighted by Gasteiger charge is 2.46. The Bertz CT molecular complexity index is 2730. The van der Waals surface area contributed by atoms with Crippen molar-refractivity contribution in [3.63, 3.8) is 0 Å². The molecule has 0 radical (unpaired) electrons. The number of hydrogen-bond acceptors (Lipinski definition) is 26. The Morgan fingerprint density at radius 1 is 0.361 bits per heavy atom. The second kappa shape index (κ2) is 53.1. The molecule has 646 valence electrons. The zero-order valence-electron chi connectivity index (χ0n) is 61.9. The van der Waals surface area contributed by atoms with Crippen LogP contribution in [0.5, 0.6) is 0 Å². The predicted molar refractivity (Wildman–Crippen MR) is 426 cm³/mol. The largest absolute Gasteiger partial charge is 0.465 e. The molecule has 6 aliphatic heterocycles. The molecule has 6 unspecified atom stereocenters. The molecule has 6 saturated heterocycles. The quantitative estimate of drug-likeness (QED) is 0.0761. The minimum Gasteiger partial charge on any atom is -0.465 e. The zero-order chi connectivity index (χ0) is 74.4. The lowest BCUT2D eigenvalue weighted by molar-refractivity contribution is -0.188. The average molecular weight is 1560 g/mol. The van der Waals surface area contributed by atoms with Crippen molar-refractivity contribution in [3.8, 4) is 0 Å². The van der Waals surface area contributed by atoms with Crippen LogP contribution in [0.15, 0.2) is 0 Å². The van der Waals surface area contributed by atoms with Crippen molar-refractivity contribution < 1.29 is 124 Å². The van der Waals surface area contributed by atoms with Crippen molar-refractivity contribution in [2.75, 3.05) is 39.6 Å². The van der Waals surface area contributed by atoms with E-state index < -0.39 is 91.0 Å². The summed E-state index contributed by atoms with van der Waals surface area (Å²) in [5, 5.41) is 0. The molecule has 0 spiro atoms. The summed E-state index contributed by atoms with van der Waals surface area (Å²) in [4.78, 5) is 149. The van der Waals surface area contributed by atoms with Crippen LogP contribution >= 0.6 is 0 Å². The first-order valence-corrected chi connectivity index (χ1v) is 33.3. The van der Waals surface area contributed by atoms with Gasteiger partial charge in [-0.1, -0.05) is 131 Å². The highest BCUT2D eigenvalue weighted by Crippen LogP contribution is 2.35. The van der Waals surface area contributed by atoms with Gasteiger partial charge in [0, 0.05) is 25.2 Å². The van der Waals surface area contributed by atoms with Gasteiger partial charge < -0.3 is 61.6 Å². The van der Waals surface area contributed by atoms with E-state index in [1.165, 1.54) is 13.8 Å². The highest BCUT2D eigenvalue weighted by molar-refractivity contribution is 5.87. The van der Waals surface area contributed by atoms with Crippen LogP contribution < -0.4 is 0 Å². The van der Waals surface area contributed by atoms with Crippen molar-refractivity contribution in [1.29, 1.82) is 0 Å². The number of carbonyl (C=O) groups excluding carboxylic acids is 13. The number of carbonyl (C=O) groups is 13. The van der Waals surface area contributed by atoms with E-state index >= 15 is 0 Å². The lowest BCUT2D eigenvalue weighted by Crippen LogP contribution is -2.44. The highest BCUT2D eigenvalue weighted by atomic mass is 16.6. The van der Waals surface area contributed by atoms with Gasteiger partial charge in [0.2, 0.25) is 17.8 Å². The van der Waals surface area contributed by atoms with E-state index in [1.54, 1.807) is 41.5 Å². The lowest BCUT2D eigenvalue weighted by Gasteiger charge is -2.35. The van der Waals surface area contributed by atoms with Gasteiger partial charge >= 0.3 is 77.6 Å². The summed E-state index contributed by atoms with van der Waals surface area (Å²) >= 11 is 0. The molecular weight excluding hydrogens is 1400 g/mol. The van der Waals surface area contributed by atoms with E-state index in [9.17, 15) is 62.3 Å². The summed E-state index contributed by atoms with van der Waals surface area (Å²) in [7, 11) is 0. The standard InChI is InChI=1S/C14H22O6.C13H22O4.C12H20O4.C11H18O4.2C10H16O4.12CH4/c1-6-13(2,3)11(16)20-14(4,5)12(17)19-9-7-8-18-10(9)15;1-6-12(2,3)11(15)17-13(4,5)9-7-10(14)16-8-9;1-5-11(2,3)10(14)16-12(4)6-7-15-9(13)8-12;1-5-10(2,3)9(13)15-11(4)6-8(12)14-7-11;1-4-10(2,3)9(12)14-7-5-8(11)13-6-7;1-4-10(2,3)9(12)14-7-5-6-13-8(7)11;;;;;;;;;;;;/h9H,6-8H2,1-5H3;9H,6-8H2,1-5H3;5-8H2,1-4H3;5-7H2,1-4H3;2*7H,4-6H2,1-3H3;12*1H4. The molecule has 6 rings (SSSR count). The van der Waals surface area contributed by atoms with Gasteiger partial charge in [0.15, 0.2) is 5.60 Å². The molecular formula is C82H162O26. The molecule has 6 heterocycles. The van der Waals surface area contributed by atoms with Crippen molar-refractivity contribution >= 4 is 77.6 Å². The van der Waals surface area contributed by atoms with Crippen LogP contribution in [-0.4, -0.2) is 158 Å². The van der Waals surface area contributed by atoms with Crippen LogP contribution in [0, 0.1) is 38.4 Å². The number of esters is 13. The van der Waals surface area contributed by atoms with Gasteiger partial charge in [-0.25, -0.2) is 14.4 Å². The zero-order valence-corrected chi connectivity index (χ0v) is 61.9. The summed E-state index contributed by atoms with van der Waals surface area (Å²) in [5.74, 6) is -4.69. The molecule has 6 fully saturated rings. The van der Waals surface area contributed by atoms with E-state index in [0.717, 1.165) is 6.42 Å². The minimum absolute atomic E-state index is 0. The first-order valence-electron chi connectivity index (χ1n) is 33.3. The molecule has 0 aliphatic carbocycles. The topological polar surface area (TPSA) is 342 Å². The first kappa shape index (κ1) is 128. The van der Waals surface area contributed by atoms with E-state index in [2.05, 4.69) is 0 Å². The Balaban J connectivity index is -0.000000101. The molecule has 0 bridgehead atoms. The van der Waals surface area contributed by atoms with Gasteiger partial charge in [-0.2, -0.15) is 0 Å². The van der Waals surface area contributed by atoms with Crippen LogP contribution in [0.4, 0.5) is 0 Å². The Morgan fingerprint density at radius 3 is 1.01 bits per heavy atom. The van der Waals surface area contributed by atoms with Gasteiger partial charge in [-0.05, 0) is 163 Å². The molecule has 108 heavy (non-hydrogen) atoms. The second-order valence-electron chi connectivity index (χ2n) is 30.2. The molecule has 26 heteroatoms. The summed E-state index contributed by atoms with van der Waals surface area (Å²) in [6, 6.07) is 0. The average Bonchev–Trinajstić information content (AvgIpc) is 1.38. The normalized spacial score (nSPS) is 20.1. The maximum Gasteiger partial charge on any atom is 0.350 e. The third kappa shape index (κ3) is 41.2. The van der Waals surface area contributed by atoms with E-state index in [1.807, 2.05) is 111 Å². The minimum atomic E-state index is -1.44. The van der Waals surface area contributed by atoms with Crippen LogP contribution in [0.3, 0.4) is 0 Å². The molecule has 0 saturated carbocycles. The van der Waals surface area contributed by atoms with E-state index in [-0.39, 0.29) is 194 Å². The van der Waals surface area contributed by atoms with Gasteiger partial charge in [-0.3, -0.25) is 47.9 Å². The molecule has 0 aromatic rings. The number of rotatable bonds is 21. The summed E-state index contributed by atoms with van der Waals surface area (Å²) in [5.41, 5.74) is -6.74. The third-order valence-electron chi connectivity index (χ3n) is 18.2. The second-order valence-corrected chi connectivity index (χ2v) is 30.2. The van der Waals surface area contributed by atoms with E-state index in [0.29, 0.717) is 77.6 Å². The van der Waals surface area contributed by atoms with Crippen LogP contribution in [-0.2, 0) is 124 Å². The van der Waals surface area contributed by atoms with Gasteiger partial charge in [0.25, 0.3) is 0 Å². The molecule has 26 nitrogen and oxygen atoms in total. The van der Waals surface area contributed by atoms with Gasteiger partial charge in [0.1, 0.15) is 30.5 Å². The molecule has 6 aliphatic rings. The Kier molecular flexibility index (Phi) is 62.7. The molecule has 0 amide bonds. The van der Waals surface area contributed by atoms with Gasteiger partial charge in [0.05, 0.1) is 84.6 Å². The van der Waals surface area contributed by atoms with Crippen LogP contribution in [0.2, 0.25) is 0 Å². The predicted octanol–water partition coefficient (Wildman–Crippen LogP) is 17.8. The fourth-order valence-corrected chi connectivity index (χ4v) is 7.64. The monoisotopic (exact) mass is 1560 g/mol. The number of hydrogen-bond donors (Lipinski definition) is 0. The van der Waals surface area contributed by atoms with Crippen molar-refractivity contribution in [2.24, 2.45) is 38.4 Å². The summed E-state index contributed by atoms with van der Waals surface area (Å²) in [6.07, 6.45) is 4.35. The third-order valence-corrected chi connectivity index (χ3v) is 18.2. The molecule has 0 aromatic carbocycles. The maximum absolute atomic E-state index is 12.0. The van der Waals surface area contributed by atoms with E-state index in [4.69, 9.17) is 61.6 Å². The van der Waals surface area contributed by atoms with Crippen molar-refractivity contribution in [1.82, 2.24) is 0 Å². The van der Waals surface area contributed by atoms with Crippen LogP contribution in [0.1, 0.15) is 339 Å². The summed E-state index contributed by atoms with van der Waals surface area (Å²) < 4.78 is 65.5. The van der Waals surface area contributed by atoms with Gasteiger partial charge in [-0.15, -0.1) is 0 Å². The fraction of sp³-hybridized carbons (Fsp3) is 0.841. The Labute approximate surface area is 656 Å². The molecule has 0 aromatic heterocycles. The fourth-order valence-electron chi connectivity index (χ4n) is 7.64. The molecule has 6 atom stereocenters. The smallest absolute Gasteiger partial charge is 0.350 e. The summed E-state index contributed by atoms with van der Waals surface area (Å²) in [6.45, 7) is 45.0.